The average Bonchev–Trinajstić information content (AvgIpc) is 3.52. The van der Waals surface area contributed by atoms with Gasteiger partial charge in [-0.3, -0.25) is 9.36 Å². The van der Waals surface area contributed by atoms with E-state index in [-0.39, 0.29) is 17.7 Å². The second-order valence-corrected chi connectivity index (χ2v) is 11.7. The molecule has 0 saturated carbocycles. The van der Waals surface area contributed by atoms with Gasteiger partial charge in [-0.25, -0.2) is 9.79 Å². The fourth-order valence-corrected chi connectivity index (χ4v) is 6.68. The third-order valence-electron chi connectivity index (χ3n) is 7.30. The van der Waals surface area contributed by atoms with Crippen molar-refractivity contribution in [2.45, 2.75) is 39.7 Å². The van der Waals surface area contributed by atoms with E-state index in [1.54, 1.807) is 39.2 Å². The number of piperidine rings is 1. The molecule has 2 aliphatic heterocycles. The van der Waals surface area contributed by atoms with Crippen LogP contribution in [0.5, 0.6) is 11.5 Å². The maximum Gasteiger partial charge on any atom is 0.338 e. The van der Waals surface area contributed by atoms with Crippen LogP contribution in [-0.2, 0) is 9.53 Å². The summed E-state index contributed by atoms with van der Waals surface area (Å²) >= 11 is 4.88. The number of ether oxygens (including phenoxy) is 3. The number of nitrogens with zero attached hydrogens (tertiary/aromatic N) is 3. The average molecular weight is 631 g/mol. The summed E-state index contributed by atoms with van der Waals surface area (Å²) < 4.78 is 25.2. The summed E-state index contributed by atoms with van der Waals surface area (Å²) in [6, 6.07) is 6.55. The molecule has 5 rings (SSSR count). The Kier molecular flexibility index (Phi) is 8.23. The predicted octanol–water partition coefficient (Wildman–Crippen LogP) is 4.41. The van der Waals surface area contributed by atoms with Crippen molar-refractivity contribution in [1.82, 2.24) is 4.57 Å². The molecule has 4 heterocycles. The molecule has 0 N–H and O–H groups in total. The molecule has 3 aromatic rings. The van der Waals surface area contributed by atoms with Gasteiger partial charge in [0, 0.05) is 29.7 Å². The van der Waals surface area contributed by atoms with E-state index in [4.69, 9.17) is 18.6 Å². The van der Waals surface area contributed by atoms with Crippen LogP contribution < -0.4 is 29.3 Å². The maximum absolute atomic E-state index is 14.0. The molecule has 0 radical (unpaired) electrons. The van der Waals surface area contributed by atoms with Gasteiger partial charge in [0.1, 0.15) is 5.76 Å². The first-order chi connectivity index (χ1) is 19.2. The summed E-state index contributed by atoms with van der Waals surface area (Å²) in [5, 5.41) is 0. The van der Waals surface area contributed by atoms with Crippen molar-refractivity contribution in [3.63, 3.8) is 0 Å². The Labute approximate surface area is 244 Å². The smallest absolute Gasteiger partial charge is 0.338 e. The largest absolute Gasteiger partial charge is 0.493 e. The number of fused-ring (bicyclic) bond motifs is 1. The van der Waals surface area contributed by atoms with Gasteiger partial charge in [0.2, 0.25) is 0 Å². The van der Waals surface area contributed by atoms with E-state index in [0.717, 1.165) is 31.8 Å². The molecule has 0 unspecified atom stereocenters. The summed E-state index contributed by atoms with van der Waals surface area (Å²) in [6.45, 7) is 7.86. The van der Waals surface area contributed by atoms with E-state index in [9.17, 15) is 9.59 Å². The molecule has 40 heavy (non-hydrogen) atoms. The summed E-state index contributed by atoms with van der Waals surface area (Å²) in [5.41, 5.74) is 1.13. The zero-order chi connectivity index (χ0) is 28.6. The summed E-state index contributed by atoms with van der Waals surface area (Å²) in [6.07, 6.45) is 4.00. The number of carbonyl (C=O) groups is 1. The number of thiazole rings is 1. The van der Waals surface area contributed by atoms with Crippen LogP contribution in [0.15, 0.2) is 54.2 Å². The zero-order valence-electron chi connectivity index (χ0n) is 23.2. The quantitative estimate of drug-likeness (QED) is 0.357. The Balaban J connectivity index is 1.63. The van der Waals surface area contributed by atoms with Crippen LogP contribution >= 0.6 is 27.3 Å². The highest BCUT2D eigenvalue weighted by Gasteiger charge is 2.35. The van der Waals surface area contributed by atoms with Crippen LogP contribution in [0.3, 0.4) is 0 Å². The minimum absolute atomic E-state index is 0.191. The number of benzene rings is 1. The number of allylic oxidation sites excluding steroid dienone is 1. The fourth-order valence-electron chi connectivity index (χ4n) is 5.11. The van der Waals surface area contributed by atoms with Gasteiger partial charge in [-0.05, 0) is 56.4 Å². The molecule has 11 heteroatoms. The monoisotopic (exact) mass is 629 g/mol. The van der Waals surface area contributed by atoms with Gasteiger partial charge in [0.25, 0.3) is 5.56 Å². The van der Waals surface area contributed by atoms with Crippen LogP contribution in [-0.4, -0.2) is 44.5 Å². The van der Waals surface area contributed by atoms with Crippen molar-refractivity contribution in [3.8, 4) is 11.5 Å². The Bertz CT molecular complexity index is 1640. The molecular weight excluding hydrogens is 598 g/mol. The minimum Gasteiger partial charge on any atom is -0.493 e. The Hall–Kier alpha value is -3.31. The molecule has 0 aliphatic carbocycles. The number of hydrogen-bond acceptors (Lipinski definition) is 9. The van der Waals surface area contributed by atoms with Crippen LogP contribution in [0.2, 0.25) is 0 Å². The highest BCUT2D eigenvalue weighted by molar-refractivity contribution is 9.10. The van der Waals surface area contributed by atoms with Crippen molar-refractivity contribution < 1.29 is 23.4 Å². The zero-order valence-corrected chi connectivity index (χ0v) is 25.6. The van der Waals surface area contributed by atoms with Gasteiger partial charge in [-0.2, -0.15) is 0 Å². The number of hydrogen-bond donors (Lipinski definition) is 0. The van der Waals surface area contributed by atoms with Crippen molar-refractivity contribution in [2.24, 2.45) is 10.9 Å². The van der Waals surface area contributed by atoms with Crippen molar-refractivity contribution in [2.75, 3.05) is 38.8 Å². The summed E-state index contributed by atoms with van der Waals surface area (Å²) in [5.74, 6) is 2.56. The predicted molar refractivity (Wildman–Crippen MR) is 157 cm³/mol. The van der Waals surface area contributed by atoms with Gasteiger partial charge >= 0.3 is 5.97 Å². The Morgan fingerprint density at radius 2 is 1.90 bits per heavy atom. The van der Waals surface area contributed by atoms with E-state index < -0.39 is 12.0 Å². The highest BCUT2D eigenvalue weighted by Crippen LogP contribution is 2.40. The molecule has 0 spiro atoms. The first kappa shape index (κ1) is 28.2. The molecule has 0 amide bonds. The highest BCUT2D eigenvalue weighted by atomic mass is 79.9. The Morgan fingerprint density at radius 1 is 1.20 bits per heavy atom. The Morgan fingerprint density at radius 3 is 2.58 bits per heavy atom. The SMILES string of the molecule is CCOC(=O)C1=C(C)N=c2s/c(=C/c3ccc(N4CCC(C)CC4)o3)c(=O)n2[C@@H]1c1cc(OC)c(OC)cc1Br. The maximum atomic E-state index is 14.0. The van der Waals surface area contributed by atoms with E-state index in [0.29, 0.717) is 48.2 Å². The van der Waals surface area contributed by atoms with Gasteiger partial charge in [-0.1, -0.05) is 34.2 Å². The number of rotatable bonds is 7. The number of aromatic nitrogens is 1. The number of esters is 1. The van der Waals surface area contributed by atoms with Gasteiger partial charge < -0.3 is 23.5 Å². The molecule has 1 fully saturated rings. The summed E-state index contributed by atoms with van der Waals surface area (Å²) in [7, 11) is 3.09. The third-order valence-corrected chi connectivity index (χ3v) is 8.97. The first-order valence-electron chi connectivity index (χ1n) is 13.2. The first-order valence-corrected chi connectivity index (χ1v) is 14.8. The van der Waals surface area contributed by atoms with Gasteiger partial charge in [0.15, 0.2) is 22.2 Å². The van der Waals surface area contributed by atoms with Crippen LogP contribution in [0, 0.1) is 5.92 Å². The molecule has 9 nitrogen and oxygen atoms in total. The lowest BCUT2D eigenvalue weighted by molar-refractivity contribution is -0.139. The van der Waals surface area contributed by atoms with Crippen molar-refractivity contribution in [1.29, 1.82) is 0 Å². The van der Waals surface area contributed by atoms with E-state index in [1.165, 1.54) is 23.0 Å². The molecule has 1 saturated heterocycles. The lowest BCUT2D eigenvalue weighted by atomic mass is 9.95. The fraction of sp³-hybridized carbons (Fsp3) is 0.414. The number of carbonyl (C=O) groups excluding carboxylic acids is 1. The molecule has 0 bridgehead atoms. The second-order valence-electron chi connectivity index (χ2n) is 9.88. The number of methoxy groups -OCH3 is 2. The lowest BCUT2D eigenvalue weighted by Crippen LogP contribution is -2.40. The van der Waals surface area contributed by atoms with Gasteiger partial charge in [0.05, 0.1) is 42.7 Å². The standard InChI is InChI=1S/C29H32BrN3O6S/c1-6-38-28(35)25-17(3)31-29-33(26(25)19-14-21(36-4)22(37-5)15-20(19)30)27(34)23(40-29)13-18-7-8-24(39-18)32-11-9-16(2)10-12-32/h7-8,13-16,26H,6,9-12H2,1-5H3/b23-13+/t26-/m1/s1. The van der Waals surface area contributed by atoms with Crippen LogP contribution in [0.25, 0.3) is 6.08 Å². The van der Waals surface area contributed by atoms with Crippen LogP contribution in [0.4, 0.5) is 5.88 Å². The molecule has 1 aromatic carbocycles. The van der Waals surface area contributed by atoms with E-state index >= 15 is 0 Å². The lowest BCUT2D eigenvalue weighted by Gasteiger charge is -2.29. The molecule has 212 valence electrons. The van der Waals surface area contributed by atoms with E-state index in [1.807, 2.05) is 12.1 Å². The molecule has 1 atom stereocenters. The number of anilines is 1. The third kappa shape index (κ3) is 5.24. The minimum atomic E-state index is -0.797. The van der Waals surface area contributed by atoms with Crippen molar-refractivity contribution in [3.05, 3.63) is 71.0 Å². The molecule has 2 aliphatic rings. The molecular formula is C29H32BrN3O6S. The normalized spacial score (nSPS) is 18.0. The van der Waals surface area contributed by atoms with Crippen molar-refractivity contribution >= 4 is 45.2 Å². The van der Waals surface area contributed by atoms with Crippen LogP contribution in [0.1, 0.15) is 51.0 Å². The van der Waals surface area contributed by atoms with E-state index in [2.05, 4.69) is 32.7 Å². The van der Waals surface area contributed by atoms with Gasteiger partial charge in [-0.15, -0.1) is 0 Å². The second kappa shape index (κ2) is 11.7. The summed E-state index contributed by atoms with van der Waals surface area (Å²) in [4.78, 5) is 34.5. The topological polar surface area (TPSA) is 95.5 Å². The number of halogens is 1. The molecule has 2 aromatic heterocycles. The number of furan rings is 1.